The Balaban J connectivity index is 1.36. The first-order chi connectivity index (χ1) is 19.0. The van der Waals surface area contributed by atoms with Crippen LogP contribution in [0.4, 0.5) is 5.95 Å². The van der Waals surface area contributed by atoms with Gasteiger partial charge < -0.3 is 29.7 Å². The number of nitrogens with one attached hydrogen (secondary N) is 2. The van der Waals surface area contributed by atoms with E-state index in [9.17, 15) is 4.79 Å². The van der Waals surface area contributed by atoms with E-state index in [2.05, 4.69) is 20.5 Å². The predicted octanol–water partition coefficient (Wildman–Crippen LogP) is 3.02. The van der Waals surface area contributed by atoms with E-state index < -0.39 is 0 Å². The molecule has 0 bridgehead atoms. The van der Waals surface area contributed by atoms with Crippen LogP contribution in [0.25, 0.3) is 22.2 Å². The first-order valence-corrected chi connectivity index (χ1v) is 14.0. The van der Waals surface area contributed by atoms with Gasteiger partial charge in [0.05, 0.1) is 32.5 Å². The maximum atomic E-state index is 14.1. The molecular formula is C28H35ClN6O4. The van der Waals surface area contributed by atoms with Gasteiger partial charge in [-0.05, 0) is 37.9 Å². The molecule has 4 heterocycles. The smallest absolute Gasteiger partial charge is 0.260 e. The van der Waals surface area contributed by atoms with E-state index in [0.717, 1.165) is 70.6 Å². The summed E-state index contributed by atoms with van der Waals surface area (Å²) in [5.74, 6) is 1.55. The van der Waals surface area contributed by atoms with Crippen LogP contribution in [0.3, 0.4) is 0 Å². The molecule has 10 nitrogen and oxygen atoms in total. The summed E-state index contributed by atoms with van der Waals surface area (Å²) in [4.78, 5) is 25.9. The van der Waals surface area contributed by atoms with Gasteiger partial charge >= 0.3 is 0 Å². The molecule has 2 saturated heterocycles. The summed E-state index contributed by atoms with van der Waals surface area (Å²) < 4.78 is 18.1. The summed E-state index contributed by atoms with van der Waals surface area (Å²) in [7, 11) is 3.12. The van der Waals surface area contributed by atoms with Gasteiger partial charge in [0.1, 0.15) is 17.1 Å². The van der Waals surface area contributed by atoms with Crippen molar-refractivity contribution in [3.05, 3.63) is 39.8 Å². The number of aromatic nitrogens is 3. The quantitative estimate of drug-likeness (QED) is 0.413. The van der Waals surface area contributed by atoms with E-state index in [1.54, 1.807) is 37.1 Å². The highest BCUT2D eigenvalue weighted by Gasteiger charge is 2.50. The number of rotatable bonds is 9. The number of hydrogen-bond donors (Lipinski definition) is 2. The molecule has 2 N–H and O–H groups in total. The number of fused-ring (bicyclic) bond motifs is 1. The van der Waals surface area contributed by atoms with Crippen molar-refractivity contribution in [3.63, 3.8) is 0 Å². The fourth-order valence-electron chi connectivity index (χ4n) is 5.95. The summed E-state index contributed by atoms with van der Waals surface area (Å²) >= 11 is 6.71. The zero-order valence-corrected chi connectivity index (χ0v) is 23.2. The topological polar surface area (TPSA) is 103 Å². The van der Waals surface area contributed by atoms with Gasteiger partial charge in [-0.1, -0.05) is 11.6 Å². The van der Waals surface area contributed by atoms with Crippen LogP contribution in [-0.2, 0) is 11.3 Å². The second-order valence-electron chi connectivity index (χ2n) is 10.9. The Morgan fingerprint density at radius 3 is 2.62 bits per heavy atom. The zero-order valence-electron chi connectivity index (χ0n) is 22.5. The van der Waals surface area contributed by atoms with E-state index in [1.807, 2.05) is 6.07 Å². The summed E-state index contributed by atoms with van der Waals surface area (Å²) in [5, 5.41) is 7.99. The van der Waals surface area contributed by atoms with Crippen LogP contribution >= 0.6 is 11.6 Å². The standard InChI is InChI=1S/C28H35ClN6O4/c1-37-20-11-21(24(29)23(12-20)38-2)22-10-18-15-31-27(32-19-13-28(14-19)16-39-17-28)33-25(18)35(26(22)36)7-3-6-34-8-4-30-5-9-34/h10-12,15,19,30H,3-9,13-14,16-17H2,1-2H3,(H,31,32,33). The average molecular weight is 555 g/mol. The van der Waals surface area contributed by atoms with Gasteiger partial charge in [-0.25, -0.2) is 4.98 Å². The van der Waals surface area contributed by atoms with Gasteiger partial charge in [-0.3, -0.25) is 9.36 Å². The molecule has 2 aromatic heterocycles. The molecule has 0 unspecified atom stereocenters. The minimum atomic E-state index is -0.154. The van der Waals surface area contributed by atoms with Crippen molar-refractivity contribution in [2.75, 3.05) is 65.5 Å². The summed E-state index contributed by atoms with van der Waals surface area (Å²) in [5.41, 5.74) is 1.82. The van der Waals surface area contributed by atoms with Gasteiger partial charge in [0.15, 0.2) is 0 Å². The zero-order chi connectivity index (χ0) is 27.0. The lowest BCUT2D eigenvalue weighted by Crippen LogP contribution is -2.56. The van der Waals surface area contributed by atoms with Gasteiger partial charge in [-0.15, -0.1) is 0 Å². The highest BCUT2D eigenvalue weighted by Crippen LogP contribution is 2.47. The SMILES string of the molecule is COc1cc(OC)c(Cl)c(-c2cc3cnc(NC4CC5(COC5)C4)nc3n(CCCN3CCNCC3)c2=O)c1. The fraction of sp³-hybridized carbons (Fsp3) is 0.536. The number of halogens is 1. The number of pyridine rings is 1. The van der Waals surface area contributed by atoms with Crippen LogP contribution in [0.2, 0.25) is 5.02 Å². The minimum Gasteiger partial charge on any atom is -0.497 e. The first-order valence-electron chi connectivity index (χ1n) is 13.6. The molecule has 3 aliphatic rings. The van der Waals surface area contributed by atoms with Gasteiger partial charge in [0, 0.05) is 73.0 Å². The molecule has 0 amide bonds. The maximum absolute atomic E-state index is 14.1. The van der Waals surface area contributed by atoms with Crippen molar-refractivity contribution < 1.29 is 14.2 Å². The number of benzene rings is 1. The van der Waals surface area contributed by atoms with Gasteiger partial charge in [-0.2, -0.15) is 4.98 Å². The largest absolute Gasteiger partial charge is 0.497 e. The predicted molar refractivity (Wildman–Crippen MR) is 151 cm³/mol. The van der Waals surface area contributed by atoms with Crippen LogP contribution in [0.5, 0.6) is 11.5 Å². The Hall–Kier alpha value is -2.92. The minimum absolute atomic E-state index is 0.154. The van der Waals surface area contributed by atoms with Crippen molar-refractivity contribution in [1.82, 2.24) is 24.8 Å². The van der Waals surface area contributed by atoms with Crippen LogP contribution in [-0.4, -0.2) is 85.6 Å². The molecule has 3 fully saturated rings. The lowest BCUT2D eigenvalue weighted by molar-refractivity contribution is -0.160. The number of piperazine rings is 1. The Kier molecular flexibility index (Phi) is 7.37. The number of aryl methyl sites for hydroxylation is 1. The molecule has 1 aromatic carbocycles. The highest BCUT2D eigenvalue weighted by molar-refractivity contribution is 6.35. The van der Waals surface area contributed by atoms with E-state index in [0.29, 0.717) is 57.2 Å². The lowest BCUT2D eigenvalue weighted by Gasteiger charge is -2.53. The number of methoxy groups -OCH3 is 2. The lowest BCUT2D eigenvalue weighted by atomic mass is 9.64. The average Bonchev–Trinajstić information content (AvgIpc) is 2.91. The molecule has 1 spiro atoms. The molecule has 2 aliphatic heterocycles. The van der Waals surface area contributed by atoms with E-state index in [-0.39, 0.29) is 5.56 Å². The van der Waals surface area contributed by atoms with E-state index in [4.69, 9.17) is 30.8 Å². The first kappa shape index (κ1) is 26.3. The number of hydrogen-bond acceptors (Lipinski definition) is 9. The van der Waals surface area contributed by atoms with Crippen LogP contribution in [0, 0.1) is 5.41 Å². The maximum Gasteiger partial charge on any atom is 0.260 e. The second-order valence-corrected chi connectivity index (χ2v) is 11.2. The third kappa shape index (κ3) is 5.18. The molecule has 208 valence electrons. The highest BCUT2D eigenvalue weighted by atomic mass is 35.5. The molecular weight excluding hydrogens is 520 g/mol. The number of ether oxygens (including phenoxy) is 3. The van der Waals surface area contributed by atoms with Crippen LogP contribution in [0.1, 0.15) is 19.3 Å². The van der Waals surface area contributed by atoms with Crippen molar-refractivity contribution in [2.24, 2.45) is 5.41 Å². The second kappa shape index (κ2) is 10.9. The van der Waals surface area contributed by atoms with Crippen LogP contribution in [0.15, 0.2) is 29.2 Å². The third-order valence-corrected chi connectivity index (χ3v) is 8.55. The molecule has 39 heavy (non-hydrogen) atoms. The van der Waals surface area contributed by atoms with Gasteiger partial charge in [0.2, 0.25) is 5.95 Å². The van der Waals surface area contributed by atoms with Crippen LogP contribution < -0.4 is 25.7 Å². The Morgan fingerprint density at radius 2 is 1.92 bits per heavy atom. The monoisotopic (exact) mass is 554 g/mol. The van der Waals surface area contributed by atoms with Crippen molar-refractivity contribution in [3.8, 4) is 22.6 Å². The van der Waals surface area contributed by atoms with E-state index >= 15 is 0 Å². The molecule has 6 rings (SSSR count). The summed E-state index contributed by atoms with van der Waals surface area (Å²) in [6, 6.07) is 5.62. The Bertz CT molecular complexity index is 1410. The molecule has 0 atom stereocenters. The molecule has 0 radical (unpaired) electrons. The summed E-state index contributed by atoms with van der Waals surface area (Å²) in [6.07, 6.45) is 4.72. The fourth-order valence-corrected chi connectivity index (χ4v) is 6.24. The molecule has 11 heteroatoms. The normalized spacial score (nSPS) is 19.1. The number of anilines is 1. The molecule has 1 saturated carbocycles. The van der Waals surface area contributed by atoms with Crippen molar-refractivity contribution in [1.29, 1.82) is 0 Å². The molecule has 3 aromatic rings. The molecule has 1 aliphatic carbocycles. The number of nitrogens with zero attached hydrogens (tertiary/aromatic N) is 4. The van der Waals surface area contributed by atoms with Gasteiger partial charge in [0.25, 0.3) is 5.56 Å². The third-order valence-electron chi connectivity index (χ3n) is 8.16. The van der Waals surface area contributed by atoms with E-state index in [1.165, 1.54) is 0 Å². The Labute approximate surface area is 232 Å². The van der Waals surface area contributed by atoms with Crippen molar-refractivity contribution in [2.45, 2.75) is 31.8 Å². The summed E-state index contributed by atoms with van der Waals surface area (Å²) in [6.45, 7) is 7.14. The van der Waals surface area contributed by atoms with Crippen molar-refractivity contribution >= 4 is 28.6 Å². The Morgan fingerprint density at radius 1 is 1.13 bits per heavy atom.